The molecule has 0 aromatic carbocycles. The summed E-state index contributed by atoms with van der Waals surface area (Å²) in [5.74, 6) is 0.0201. The molecule has 0 bridgehead atoms. The fourth-order valence-electron chi connectivity index (χ4n) is 3.08. The van der Waals surface area contributed by atoms with Crippen LogP contribution in [0.2, 0.25) is 0 Å². The summed E-state index contributed by atoms with van der Waals surface area (Å²) in [5, 5.41) is 7.17. The summed E-state index contributed by atoms with van der Waals surface area (Å²) in [6.07, 6.45) is 8.32. The zero-order valence-electron chi connectivity index (χ0n) is 14.2. The Balaban J connectivity index is 2.21. The van der Waals surface area contributed by atoms with Crippen LogP contribution in [0.25, 0.3) is 16.7 Å². The van der Waals surface area contributed by atoms with Crippen LogP contribution < -0.4 is 11.2 Å². The zero-order chi connectivity index (χ0) is 17.8. The molecular formula is C18H21N5O2. The van der Waals surface area contributed by atoms with Crippen LogP contribution in [0.3, 0.4) is 0 Å². The van der Waals surface area contributed by atoms with Gasteiger partial charge in [-0.15, -0.1) is 0 Å². The second kappa shape index (κ2) is 7.29. The molecule has 7 nitrogen and oxygen atoms in total. The first-order valence-electron chi connectivity index (χ1n) is 8.46. The molecule has 0 aliphatic rings. The number of aromatic nitrogens is 4. The van der Waals surface area contributed by atoms with Crippen molar-refractivity contribution in [2.24, 2.45) is 5.73 Å². The fraction of sp³-hybridized carbons (Fsp3) is 0.333. The molecule has 3 N–H and O–H groups in total. The number of carbonyl (C=O) groups excluding carboxylic acids is 1. The molecule has 0 spiro atoms. The summed E-state index contributed by atoms with van der Waals surface area (Å²) < 4.78 is 1.92. The number of unbranched alkanes of at least 4 members (excludes halogenated alkanes) is 3. The predicted molar refractivity (Wildman–Crippen MR) is 95.8 cm³/mol. The molecule has 0 unspecified atom stereocenters. The highest BCUT2D eigenvalue weighted by Crippen LogP contribution is 2.21. The van der Waals surface area contributed by atoms with E-state index in [1.807, 2.05) is 10.6 Å². The van der Waals surface area contributed by atoms with Crippen molar-refractivity contribution in [3.8, 4) is 5.82 Å². The Morgan fingerprint density at radius 3 is 2.76 bits per heavy atom. The standard InChI is InChI=1S/C18H21N5O2/c1-2-3-4-5-6-12-11-14(24)16-13(7-9-20-17(16)18(19)25)23(12)15-8-10-21-22-15/h7-11H,2-6H2,1H3,(H2,19,25)(H,21,22). The Labute approximate surface area is 144 Å². The van der Waals surface area contributed by atoms with Gasteiger partial charge >= 0.3 is 0 Å². The van der Waals surface area contributed by atoms with Gasteiger partial charge in [-0.1, -0.05) is 26.2 Å². The van der Waals surface area contributed by atoms with Gasteiger partial charge in [0.15, 0.2) is 5.43 Å². The molecule has 0 aliphatic heterocycles. The van der Waals surface area contributed by atoms with Crippen LogP contribution in [0.1, 0.15) is 48.8 Å². The average molecular weight is 339 g/mol. The molecule has 3 aromatic heterocycles. The lowest BCUT2D eigenvalue weighted by Crippen LogP contribution is -2.20. The predicted octanol–water partition coefficient (Wildman–Crippen LogP) is 2.33. The van der Waals surface area contributed by atoms with Gasteiger partial charge in [0.2, 0.25) is 0 Å². The normalized spacial score (nSPS) is 11.1. The van der Waals surface area contributed by atoms with E-state index in [-0.39, 0.29) is 16.5 Å². The van der Waals surface area contributed by atoms with Crippen molar-refractivity contribution in [1.29, 1.82) is 0 Å². The van der Waals surface area contributed by atoms with Gasteiger partial charge in [-0.05, 0) is 18.9 Å². The number of aromatic amines is 1. The minimum atomic E-state index is -0.713. The number of nitrogens with two attached hydrogens (primary N) is 1. The first-order valence-corrected chi connectivity index (χ1v) is 8.46. The molecule has 3 aromatic rings. The Morgan fingerprint density at radius 2 is 2.08 bits per heavy atom. The molecule has 7 heteroatoms. The first-order chi connectivity index (χ1) is 12.1. The monoisotopic (exact) mass is 339 g/mol. The third-order valence-electron chi connectivity index (χ3n) is 4.25. The smallest absolute Gasteiger partial charge is 0.268 e. The molecular weight excluding hydrogens is 318 g/mol. The second-order valence-corrected chi connectivity index (χ2v) is 6.01. The van der Waals surface area contributed by atoms with Crippen LogP contribution in [0.15, 0.2) is 35.4 Å². The van der Waals surface area contributed by atoms with E-state index in [9.17, 15) is 9.59 Å². The molecule has 0 saturated heterocycles. The summed E-state index contributed by atoms with van der Waals surface area (Å²) in [5.41, 5.74) is 6.63. The molecule has 0 atom stereocenters. The van der Waals surface area contributed by atoms with Gasteiger partial charge in [-0.2, -0.15) is 5.10 Å². The SMILES string of the molecule is CCCCCCc1cc(=O)c2c(C(N)=O)nccc2n1-c1ccn[nH]1. The Morgan fingerprint density at radius 1 is 1.24 bits per heavy atom. The summed E-state index contributed by atoms with van der Waals surface area (Å²) in [7, 11) is 0. The minimum absolute atomic E-state index is 0.00621. The third-order valence-corrected chi connectivity index (χ3v) is 4.25. The van der Waals surface area contributed by atoms with E-state index in [4.69, 9.17) is 5.73 Å². The van der Waals surface area contributed by atoms with Crippen LogP contribution in [0.5, 0.6) is 0 Å². The number of fused-ring (bicyclic) bond motifs is 1. The fourth-order valence-corrected chi connectivity index (χ4v) is 3.08. The summed E-state index contributed by atoms with van der Waals surface area (Å²) >= 11 is 0. The van der Waals surface area contributed by atoms with Gasteiger partial charge in [0.25, 0.3) is 5.91 Å². The van der Waals surface area contributed by atoms with Crippen LogP contribution in [0.4, 0.5) is 0 Å². The Hall–Kier alpha value is -2.96. The van der Waals surface area contributed by atoms with E-state index in [2.05, 4.69) is 22.1 Å². The maximum absolute atomic E-state index is 12.6. The second-order valence-electron chi connectivity index (χ2n) is 6.01. The van der Waals surface area contributed by atoms with E-state index >= 15 is 0 Å². The van der Waals surface area contributed by atoms with Gasteiger partial charge < -0.3 is 5.73 Å². The van der Waals surface area contributed by atoms with Crippen molar-refractivity contribution in [1.82, 2.24) is 19.7 Å². The molecule has 3 heterocycles. The van der Waals surface area contributed by atoms with Crippen molar-refractivity contribution in [3.05, 3.63) is 52.2 Å². The van der Waals surface area contributed by atoms with Crippen molar-refractivity contribution in [2.75, 3.05) is 0 Å². The van der Waals surface area contributed by atoms with Crippen LogP contribution in [-0.2, 0) is 6.42 Å². The van der Waals surface area contributed by atoms with Gasteiger partial charge in [-0.3, -0.25) is 24.2 Å². The number of hydrogen-bond acceptors (Lipinski definition) is 4. The van der Waals surface area contributed by atoms with Crippen molar-refractivity contribution in [2.45, 2.75) is 39.0 Å². The number of H-pyrrole nitrogens is 1. The summed E-state index contributed by atoms with van der Waals surface area (Å²) in [6.45, 7) is 2.16. The van der Waals surface area contributed by atoms with E-state index in [0.717, 1.165) is 43.6 Å². The molecule has 0 radical (unpaired) electrons. The lowest BCUT2D eigenvalue weighted by molar-refractivity contribution is 0.0997. The average Bonchev–Trinajstić information content (AvgIpc) is 3.12. The number of primary amides is 1. The van der Waals surface area contributed by atoms with E-state index < -0.39 is 5.91 Å². The maximum Gasteiger partial charge on any atom is 0.268 e. The number of pyridine rings is 2. The lowest BCUT2D eigenvalue weighted by atomic mass is 10.1. The molecule has 3 rings (SSSR count). The van der Waals surface area contributed by atoms with Crippen LogP contribution in [0, 0.1) is 0 Å². The Kier molecular flexibility index (Phi) is 4.92. The Bertz CT molecular complexity index is 944. The molecule has 1 amide bonds. The highest BCUT2D eigenvalue weighted by atomic mass is 16.1. The number of nitrogens with zero attached hydrogens (tertiary/aromatic N) is 3. The number of rotatable bonds is 7. The highest BCUT2D eigenvalue weighted by molar-refractivity contribution is 6.03. The van der Waals surface area contributed by atoms with Crippen LogP contribution >= 0.6 is 0 Å². The quantitative estimate of drug-likeness (QED) is 0.644. The van der Waals surface area contributed by atoms with Crippen molar-refractivity contribution in [3.63, 3.8) is 0 Å². The zero-order valence-corrected chi connectivity index (χ0v) is 14.2. The number of nitrogens with one attached hydrogen (secondary N) is 1. The first kappa shape index (κ1) is 16.9. The largest absolute Gasteiger partial charge is 0.364 e. The highest BCUT2D eigenvalue weighted by Gasteiger charge is 2.17. The molecule has 0 aliphatic carbocycles. The topological polar surface area (TPSA) is 107 Å². The van der Waals surface area contributed by atoms with Crippen molar-refractivity contribution >= 4 is 16.8 Å². The minimum Gasteiger partial charge on any atom is -0.364 e. The molecule has 130 valence electrons. The van der Waals surface area contributed by atoms with E-state index in [1.54, 1.807) is 18.3 Å². The number of carbonyl (C=O) groups is 1. The van der Waals surface area contributed by atoms with Gasteiger partial charge in [0.05, 0.1) is 17.1 Å². The maximum atomic E-state index is 12.6. The van der Waals surface area contributed by atoms with E-state index in [0.29, 0.717) is 5.52 Å². The van der Waals surface area contributed by atoms with Gasteiger partial charge in [-0.25, -0.2) is 0 Å². The number of amides is 1. The molecule has 0 saturated carbocycles. The number of hydrogen-bond donors (Lipinski definition) is 2. The molecule has 0 fully saturated rings. The third kappa shape index (κ3) is 3.31. The summed E-state index contributed by atoms with van der Waals surface area (Å²) in [4.78, 5) is 28.3. The van der Waals surface area contributed by atoms with Crippen LogP contribution in [-0.4, -0.2) is 25.7 Å². The van der Waals surface area contributed by atoms with Gasteiger partial charge in [0, 0.05) is 24.0 Å². The summed E-state index contributed by atoms with van der Waals surface area (Å²) in [6, 6.07) is 5.12. The van der Waals surface area contributed by atoms with Gasteiger partial charge in [0.1, 0.15) is 11.5 Å². The lowest BCUT2D eigenvalue weighted by Gasteiger charge is -2.16. The number of aryl methyl sites for hydroxylation is 1. The van der Waals surface area contributed by atoms with Crippen molar-refractivity contribution < 1.29 is 4.79 Å². The molecule has 25 heavy (non-hydrogen) atoms. The van der Waals surface area contributed by atoms with E-state index in [1.165, 1.54) is 6.20 Å².